The average molecular weight is 443 g/mol. The summed E-state index contributed by atoms with van der Waals surface area (Å²) in [7, 11) is 1.32. The number of methoxy groups -OCH3 is 1. The largest absolute Gasteiger partial charge is 0.497 e. The zero-order valence-electron chi connectivity index (χ0n) is 16.3. The number of halogens is 4. The van der Waals surface area contributed by atoms with E-state index in [-0.39, 0.29) is 29.6 Å². The van der Waals surface area contributed by atoms with Crippen LogP contribution in [-0.4, -0.2) is 55.4 Å². The Bertz CT molecular complexity index is 862. The van der Waals surface area contributed by atoms with Gasteiger partial charge in [0.25, 0.3) is 0 Å². The molecule has 2 unspecified atom stereocenters. The number of hydrogen-bond acceptors (Lipinski definition) is 4. The number of carbonyl (C=O) groups is 1. The number of aromatic nitrogens is 1. The molecule has 1 aliphatic heterocycles. The van der Waals surface area contributed by atoms with Gasteiger partial charge in [0.15, 0.2) is 0 Å². The van der Waals surface area contributed by atoms with Crippen LogP contribution in [0.3, 0.4) is 0 Å². The number of likely N-dealkylation sites (tertiary alicyclic amines) is 1. The van der Waals surface area contributed by atoms with Crippen LogP contribution in [-0.2, 0) is 0 Å². The molecule has 0 bridgehead atoms. The predicted octanol–water partition coefficient (Wildman–Crippen LogP) is 3.97. The molecule has 0 radical (unpaired) electrons. The van der Waals surface area contributed by atoms with Crippen LogP contribution in [0.2, 0.25) is 5.15 Å². The number of carbonyl (C=O) groups excluding carboxylic acids is 1. The van der Waals surface area contributed by atoms with E-state index in [1.165, 1.54) is 19.4 Å². The van der Waals surface area contributed by atoms with Gasteiger partial charge in [-0.1, -0.05) is 11.6 Å². The minimum Gasteiger partial charge on any atom is -0.497 e. The minimum absolute atomic E-state index is 0.0580. The van der Waals surface area contributed by atoms with Gasteiger partial charge in [-0.05, 0) is 18.6 Å². The lowest BCUT2D eigenvalue weighted by molar-refractivity contribution is 0.161. The smallest absolute Gasteiger partial charge is 0.319 e. The zero-order chi connectivity index (χ0) is 21.7. The van der Waals surface area contributed by atoms with Gasteiger partial charge in [0, 0.05) is 49.3 Å². The van der Waals surface area contributed by atoms with Crippen LogP contribution in [0.4, 0.5) is 23.7 Å². The monoisotopic (exact) mass is 442 g/mol. The molecule has 1 aromatic carbocycles. The molecule has 1 aromatic heterocycles. The lowest BCUT2D eigenvalue weighted by atomic mass is 9.85. The first-order valence-electron chi connectivity index (χ1n) is 9.41. The molecule has 1 saturated heterocycles. The first-order chi connectivity index (χ1) is 14.4. The first kappa shape index (κ1) is 22.2. The maximum atomic E-state index is 14.7. The Balaban J connectivity index is 1.81. The highest BCUT2D eigenvalue weighted by atomic mass is 35.5. The van der Waals surface area contributed by atoms with E-state index in [1.54, 1.807) is 11.0 Å². The van der Waals surface area contributed by atoms with Crippen molar-refractivity contribution in [3.8, 4) is 5.75 Å². The number of amides is 2. The number of hydrogen-bond donors (Lipinski definition) is 2. The van der Waals surface area contributed by atoms with E-state index >= 15 is 0 Å². The highest BCUT2D eigenvalue weighted by Crippen LogP contribution is 2.33. The molecule has 0 saturated carbocycles. The van der Waals surface area contributed by atoms with Crippen molar-refractivity contribution in [3.63, 3.8) is 0 Å². The summed E-state index contributed by atoms with van der Waals surface area (Å²) in [4.78, 5) is 18.1. The Hall–Kier alpha value is -2.52. The summed E-state index contributed by atoms with van der Waals surface area (Å²) in [5.74, 6) is -2.19. The summed E-state index contributed by atoms with van der Waals surface area (Å²) in [5, 5.41) is 5.68. The summed E-state index contributed by atoms with van der Waals surface area (Å²) in [6.07, 6.45) is 1.80. The molecule has 1 fully saturated rings. The summed E-state index contributed by atoms with van der Waals surface area (Å²) in [6.45, 7) is 0.290. The van der Waals surface area contributed by atoms with Gasteiger partial charge in [0.2, 0.25) is 0 Å². The van der Waals surface area contributed by atoms with Crippen molar-refractivity contribution in [2.45, 2.75) is 18.4 Å². The number of pyridine rings is 1. The topological polar surface area (TPSA) is 66.5 Å². The van der Waals surface area contributed by atoms with Gasteiger partial charge in [0.1, 0.15) is 29.2 Å². The van der Waals surface area contributed by atoms with Gasteiger partial charge >= 0.3 is 6.03 Å². The molecule has 0 aliphatic carbocycles. The lowest BCUT2D eigenvalue weighted by Gasteiger charge is -2.39. The molecule has 2 atom stereocenters. The molecule has 2 heterocycles. The maximum absolute atomic E-state index is 14.7. The molecule has 2 N–H and O–H groups in total. The SMILES string of the molecule is COc1cc(F)c(C2CN(CCF)CCC2NC(=O)Nc2ccc(Cl)nc2)c(F)c1. The molecule has 30 heavy (non-hydrogen) atoms. The van der Waals surface area contributed by atoms with Crippen molar-refractivity contribution in [2.24, 2.45) is 0 Å². The van der Waals surface area contributed by atoms with Crippen molar-refractivity contribution in [2.75, 3.05) is 38.7 Å². The van der Waals surface area contributed by atoms with E-state index in [9.17, 15) is 18.0 Å². The third kappa shape index (κ3) is 5.34. The summed E-state index contributed by atoms with van der Waals surface area (Å²) in [6, 6.07) is 4.21. The minimum atomic E-state index is -0.770. The fraction of sp³-hybridized carbons (Fsp3) is 0.400. The number of anilines is 1. The number of piperidine rings is 1. The Kier molecular flexibility index (Phi) is 7.38. The van der Waals surface area contributed by atoms with Crippen molar-refractivity contribution in [1.82, 2.24) is 15.2 Å². The maximum Gasteiger partial charge on any atom is 0.319 e. The Morgan fingerprint density at radius 1 is 1.33 bits per heavy atom. The van der Waals surface area contributed by atoms with Gasteiger partial charge < -0.3 is 15.4 Å². The quantitative estimate of drug-likeness (QED) is 0.664. The van der Waals surface area contributed by atoms with Gasteiger partial charge in [0.05, 0.1) is 19.0 Å². The molecule has 0 spiro atoms. The molecular weight excluding hydrogens is 421 g/mol. The van der Waals surface area contributed by atoms with E-state index in [0.717, 1.165) is 12.1 Å². The van der Waals surface area contributed by atoms with Crippen LogP contribution >= 0.6 is 11.6 Å². The number of benzene rings is 1. The van der Waals surface area contributed by atoms with Gasteiger partial charge in [-0.25, -0.2) is 22.9 Å². The number of alkyl halides is 1. The van der Waals surface area contributed by atoms with Crippen molar-refractivity contribution >= 4 is 23.3 Å². The van der Waals surface area contributed by atoms with Crippen LogP contribution in [0.5, 0.6) is 5.75 Å². The molecular formula is C20H22ClF3N4O2. The van der Waals surface area contributed by atoms with E-state index in [2.05, 4.69) is 15.6 Å². The van der Waals surface area contributed by atoms with Crippen LogP contribution < -0.4 is 15.4 Å². The average Bonchev–Trinajstić information content (AvgIpc) is 2.71. The predicted molar refractivity (Wildman–Crippen MR) is 108 cm³/mol. The van der Waals surface area contributed by atoms with Gasteiger partial charge in [-0.15, -0.1) is 0 Å². The lowest BCUT2D eigenvalue weighted by Crippen LogP contribution is -2.51. The highest BCUT2D eigenvalue weighted by molar-refractivity contribution is 6.29. The second-order valence-electron chi connectivity index (χ2n) is 6.96. The fourth-order valence-electron chi connectivity index (χ4n) is 3.63. The van der Waals surface area contributed by atoms with Crippen molar-refractivity contribution < 1.29 is 22.7 Å². The summed E-state index contributed by atoms with van der Waals surface area (Å²) < 4.78 is 47.2. The zero-order valence-corrected chi connectivity index (χ0v) is 17.1. The second kappa shape index (κ2) is 9.99. The van der Waals surface area contributed by atoms with Crippen LogP contribution in [0.1, 0.15) is 17.9 Å². The molecule has 6 nitrogen and oxygen atoms in total. The highest BCUT2D eigenvalue weighted by Gasteiger charge is 2.35. The standard InChI is InChI=1S/C20H22ClF3N4O2/c1-30-13-8-15(23)19(16(24)9-13)14-11-28(7-5-22)6-4-17(14)27-20(29)26-12-2-3-18(21)25-10-12/h2-3,8-10,14,17H,4-7,11H2,1H3,(H2,26,27,29). The normalized spacial score (nSPS) is 19.4. The summed E-state index contributed by atoms with van der Waals surface area (Å²) >= 11 is 5.73. The number of ether oxygens (including phenoxy) is 1. The van der Waals surface area contributed by atoms with Gasteiger partial charge in [-0.3, -0.25) is 4.90 Å². The van der Waals surface area contributed by atoms with E-state index in [4.69, 9.17) is 16.3 Å². The van der Waals surface area contributed by atoms with Crippen LogP contribution in [0, 0.1) is 11.6 Å². The number of nitrogens with zero attached hydrogens (tertiary/aromatic N) is 2. The number of nitrogens with one attached hydrogen (secondary N) is 2. The fourth-order valence-corrected chi connectivity index (χ4v) is 3.74. The van der Waals surface area contributed by atoms with Crippen molar-refractivity contribution in [1.29, 1.82) is 0 Å². The van der Waals surface area contributed by atoms with E-state index in [0.29, 0.717) is 18.7 Å². The van der Waals surface area contributed by atoms with E-state index in [1.807, 2.05) is 0 Å². The number of rotatable bonds is 6. The molecule has 2 aromatic rings. The molecule has 162 valence electrons. The van der Waals surface area contributed by atoms with Crippen LogP contribution in [0.25, 0.3) is 0 Å². The Morgan fingerprint density at radius 2 is 2.07 bits per heavy atom. The number of urea groups is 1. The Labute approximate surface area is 177 Å². The third-order valence-electron chi connectivity index (χ3n) is 5.06. The Morgan fingerprint density at radius 3 is 2.67 bits per heavy atom. The first-order valence-corrected chi connectivity index (χ1v) is 9.79. The summed E-state index contributed by atoms with van der Waals surface area (Å²) in [5.41, 5.74) is 0.267. The molecule has 1 aliphatic rings. The van der Waals surface area contributed by atoms with Crippen molar-refractivity contribution in [3.05, 3.63) is 52.8 Å². The van der Waals surface area contributed by atoms with E-state index < -0.39 is 36.3 Å². The third-order valence-corrected chi connectivity index (χ3v) is 5.28. The van der Waals surface area contributed by atoms with Crippen LogP contribution in [0.15, 0.2) is 30.5 Å². The molecule has 3 rings (SSSR count). The molecule has 2 amide bonds. The molecule has 10 heteroatoms. The second-order valence-corrected chi connectivity index (χ2v) is 7.35. The van der Waals surface area contributed by atoms with Gasteiger partial charge in [-0.2, -0.15) is 0 Å².